The fraction of sp³-hybridized carbons (Fsp3) is 0.300. The molecule has 0 spiro atoms. The van der Waals surface area contributed by atoms with Gasteiger partial charge in [0.1, 0.15) is 12.6 Å². The van der Waals surface area contributed by atoms with Gasteiger partial charge in [-0.1, -0.05) is 12.1 Å². The Morgan fingerprint density at radius 2 is 2.18 bits per heavy atom. The summed E-state index contributed by atoms with van der Waals surface area (Å²) in [6.07, 6.45) is 0. The van der Waals surface area contributed by atoms with Crippen LogP contribution in [0.4, 0.5) is 5.69 Å². The second kappa shape index (κ2) is 5.92. The zero-order chi connectivity index (χ0) is 12.8. The molecule has 0 bridgehead atoms. The molecule has 0 aliphatic rings. The first-order chi connectivity index (χ1) is 8.06. The monoisotopic (exact) mass is 240 g/mol. The SMILES string of the molecule is N[C@@H](CO)C(=O)OCc1ccccc1[N+](=O)[O-]. The number of para-hydroxylation sites is 1. The van der Waals surface area contributed by atoms with E-state index in [1.165, 1.54) is 18.2 Å². The third-order valence-corrected chi connectivity index (χ3v) is 2.06. The highest BCUT2D eigenvalue weighted by atomic mass is 16.6. The summed E-state index contributed by atoms with van der Waals surface area (Å²) < 4.78 is 4.74. The van der Waals surface area contributed by atoms with E-state index in [4.69, 9.17) is 15.6 Å². The van der Waals surface area contributed by atoms with Gasteiger partial charge in [-0.2, -0.15) is 0 Å². The quantitative estimate of drug-likeness (QED) is 0.423. The third kappa shape index (κ3) is 3.51. The number of benzene rings is 1. The maximum absolute atomic E-state index is 11.2. The number of nitro groups is 1. The van der Waals surface area contributed by atoms with Crippen LogP contribution in [0.1, 0.15) is 5.56 Å². The van der Waals surface area contributed by atoms with Crippen LogP contribution < -0.4 is 5.73 Å². The third-order valence-electron chi connectivity index (χ3n) is 2.06. The van der Waals surface area contributed by atoms with E-state index in [2.05, 4.69) is 0 Å². The molecule has 7 heteroatoms. The van der Waals surface area contributed by atoms with Crippen LogP contribution >= 0.6 is 0 Å². The first-order valence-electron chi connectivity index (χ1n) is 4.81. The van der Waals surface area contributed by atoms with Crippen LogP contribution in [0.3, 0.4) is 0 Å². The minimum absolute atomic E-state index is 0.127. The predicted octanol–water partition coefficient (Wildman–Crippen LogP) is -0.0424. The van der Waals surface area contributed by atoms with Crippen LogP contribution in [0, 0.1) is 10.1 Å². The number of nitro benzene ring substituents is 1. The number of carbonyl (C=O) groups is 1. The largest absolute Gasteiger partial charge is 0.459 e. The number of hydrogen-bond acceptors (Lipinski definition) is 6. The van der Waals surface area contributed by atoms with E-state index in [1.54, 1.807) is 6.07 Å². The van der Waals surface area contributed by atoms with Crippen LogP contribution in [0.15, 0.2) is 24.3 Å². The van der Waals surface area contributed by atoms with Crippen LogP contribution in [-0.4, -0.2) is 28.6 Å². The Bertz CT molecular complexity index is 421. The minimum Gasteiger partial charge on any atom is -0.459 e. The van der Waals surface area contributed by atoms with E-state index in [1.807, 2.05) is 0 Å². The van der Waals surface area contributed by atoms with E-state index in [9.17, 15) is 14.9 Å². The van der Waals surface area contributed by atoms with Gasteiger partial charge in [-0.25, -0.2) is 0 Å². The summed E-state index contributed by atoms with van der Waals surface area (Å²) >= 11 is 0. The van der Waals surface area contributed by atoms with Gasteiger partial charge in [0.15, 0.2) is 0 Å². The Kier molecular flexibility index (Phi) is 4.56. The van der Waals surface area contributed by atoms with Crippen molar-refractivity contribution in [3.8, 4) is 0 Å². The van der Waals surface area contributed by atoms with Gasteiger partial charge in [0, 0.05) is 6.07 Å². The minimum atomic E-state index is -1.13. The summed E-state index contributed by atoms with van der Waals surface area (Å²) in [7, 11) is 0. The average molecular weight is 240 g/mol. The smallest absolute Gasteiger partial charge is 0.325 e. The number of nitrogens with two attached hydrogens (primary N) is 1. The molecule has 0 unspecified atom stereocenters. The van der Waals surface area contributed by atoms with E-state index in [-0.39, 0.29) is 17.9 Å². The molecular formula is C10H12N2O5. The van der Waals surface area contributed by atoms with Gasteiger partial charge >= 0.3 is 5.97 Å². The second-order valence-electron chi connectivity index (χ2n) is 3.28. The molecule has 1 aromatic rings. The molecule has 0 aliphatic heterocycles. The molecule has 1 rings (SSSR count). The van der Waals surface area contributed by atoms with Crippen molar-refractivity contribution < 1.29 is 19.6 Å². The van der Waals surface area contributed by atoms with E-state index in [0.717, 1.165) is 0 Å². The van der Waals surface area contributed by atoms with Crippen LogP contribution in [0.2, 0.25) is 0 Å². The molecular weight excluding hydrogens is 228 g/mol. The van der Waals surface area contributed by atoms with Crippen molar-refractivity contribution in [2.24, 2.45) is 5.73 Å². The topological polar surface area (TPSA) is 116 Å². The average Bonchev–Trinajstić information content (AvgIpc) is 2.35. The summed E-state index contributed by atoms with van der Waals surface area (Å²) in [5.41, 5.74) is 5.37. The Morgan fingerprint density at radius 1 is 1.53 bits per heavy atom. The highest BCUT2D eigenvalue weighted by Gasteiger charge is 2.17. The number of aliphatic hydroxyl groups is 1. The molecule has 7 nitrogen and oxygen atoms in total. The standard InChI is InChI=1S/C10H12N2O5/c11-8(5-13)10(14)17-6-7-3-1-2-4-9(7)12(15)16/h1-4,8,13H,5-6,11H2/t8-/m0/s1. The number of carbonyl (C=O) groups excluding carboxylic acids is 1. The van der Waals surface area contributed by atoms with Crippen LogP contribution in [0.25, 0.3) is 0 Å². The van der Waals surface area contributed by atoms with Crippen molar-refractivity contribution in [3.05, 3.63) is 39.9 Å². The highest BCUT2D eigenvalue weighted by molar-refractivity contribution is 5.75. The molecule has 0 aromatic heterocycles. The lowest BCUT2D eigenvalue weighted by Crippen LogP contribution is -2.35. The van der Waals surface area contributed by atoms with Crippen LogP contribution in [-0.2, 0) is 16.1 Å². The molecule has 1 aromatic carbocycles. The van der Waals surface area contributed by atoms with Crippen molar-refractivity contribution in [2.75, 3.05) is 6.61 Å². The highest BCUT2D eigenvalue weighted by Crippen LogP contribution is 2.18. The molecule has 1 atom stereocenters. The number of rotatable bonds is 5. The number of esters is 1. The van der Waals surface area contributed by atoms with E-state index in [0.29, 0.717) is 0 Å². The maximum Gasteiger partial charge on any atom is 0.325 e. The normalized spacial score (nSPS) is 11.9. The van der Waals surface area contributed by atoms with E-state index >= 15 is 0 Å². The Labute approximate surface area is 97.0 Å². The van der Waals surface area contributed by atoms with Gasteiger partial charge in [0.2, 0.25) is 0 Å². The maximum atomic E-state index is 11.2. The first kappa shape index (κ1) is 13.1. The van der Waals surface area contributed by atoms with Gasteiger partial charge < -0.3 is 15.6 Å². The lowest BCUT2D eigenvalue weighted by atomic mass is 10.2. The summed E-state index contributed by atoms with van der Waals surface area (Å²) in [5, 5.41) is 19.3. The zero-order valence-corrected chi connectivity index (χ0v) is 8.91. The van der Waals surface area contributed by atoms with Gasteiger partial charge in [-0.05, 0) is 6.07 Å². The summed E-state index contributed by atoms with van der Waals surface area (Å²) in [6, 6.07) is 4.79. The number of hydrogen-bond donors (Lipinski definition) is 2. The number of ether oxygens (including phenoxy) is 1. The lowest BCUT2D eigenvalue weighted by molar-refractivity contribution is -0.385. The van der Waals surface area contributed by atoms with E-state index < -0.39 is 23.5 Å². The fourth-order valence-corrected chi connectivity index (χ4v) is 1.14. The van der Waals surface area contributed by atoms with Crippen molar-refractivity contribution in [2.45, 2.75) is 12.6 Å². The van der Waals surface area contributed by atoms with Crippen molar-refractivity contribution in [1.82, 2.24) is 0 Å². The predicted molar refractivity (Wildman–Crippen MR) is 58.0 cm³/mol. The van der Waals surface area contributed by atoms with Gasteiger partial charge in [-0.3, -0.25) is 14.9 Å². The second-order valence-corrected chi connectivity index (χ2v) is 3.28. The molecule has 3 N–H and O–H groups in total. The Morgan fingerprint density at radius 3 is 2.76 bits per heavy atom. The molecule has 0 fully saturated rings. The van der Waals surface area contributed by atoms with Crippen LogP contribution in [0.5, 0.6) is 0 Å². The van der Waals surface area contributed by atoms with Gasteiger partial charge in [0.25, 0.3) is 5.69 Å². The number of nitrogens with zero attached hydrogens (tertiary/aromatic N) is 1. The van der Waals surface area contributed by atoms with Gasteiger partial charge in [-0.15, -0.1) is 0 Å². The summed E-state index contributed by atoms with van der Waals surface area (Å²) in [6.45, 7) is -0.778. The van der Waals surface area contributed by atoms with Crippen molar-refractivity contribution in [1.29, 1.82) is 0 Å². The fourth-order valence-electron chi connectivity index (χ4n) is 1.14. The molecule has 92 valence electrons. The molecule has 0 saturated heterocycles. The lowest BCUT2D eigenvalue weighted by Gasteiger charge is -2.08. The number of aliphatic hydroxyl groups excluding tert-OH is 1. The first-order valence-corrected chi connectivity index (χ1v) is 4.81. The molecule has 0 aliphatic carbocycles. The molecule has 0 saturated carbocycles. The van der Waals surface area contributed by atoms with Gasteiger partial charge in [0.05, 0.1) is 17.1 Å². The summed E-state index contributed by atoms with van der Waals surface area (Å²) in [5.74, 6) is -0.800. The molecule has 0 heterocycles. The zero-order valence-electron chi connectivity index (χ0n) is 8.91. The van der Waals surface area contributed by atoms with Crippen molar-refractivity contribution >= 4 is 11.7 Å². The molecule has 17 heavy (non-hydrogen) atoms. The Hall–Kier alpha value is -1.99. The molecule has 0 amide bonds. The summed E-state index contributed by atoms with van der Waals surface area (Å²) in [4.78, 5) is 21.2. The van der Waals surface area contributed by atoms with Crippen molar-refractivity contribution in [3.63, 3.8) is 0 Å². The Balaban J connectivity index is 2.69. The molecule has 0 radical (unpaired) electrons.